The van der Waals surface area contributed by atoms with Crippen molar-refractivity contribution >= 4 is 0 Å². The van der Waals surface area contributed by atoms with Crippen LogP contribution >= 0.6 is 0 Å². The summed E-state index contributed by atoms with van der Waals surface area (Å²) < 4.78 is 5.61. The molecule has 1 heterocycles. The monoisotopic (exact) mass is 188 g/mol. The average molecular weight is 188 g/mol. The largest absolute Gasteiger partial charge is 0.376 e. The molecule has 13 heavy (non-hydrogen) atoms. The fourth-order valence-electron chi connectivity index (χ4n) is 1.36. The van der Waals surface area contributed by atoms with E-state index in [9.17, 15) is 0 Å². The fraction of sp³-hybridized carbons (Fsp3) is 1.00. The van der Waals surface area contributed by atoms with Crippen LogP contribution in [0, 0.1) is 0 Å². The summed E-state index contributed by atoms with van der Waals surface area (Å²) in [4.78, 5) is 2.31. The topological polar surface area (TPSA) is 24.5 Å². The summed E-state index contributed by atoms with van der Waals surface area (Å²) in [6.07, 6.45) is 1.67. The Morgan fingerprint density at radius 3 is 2.62 bits per heavy atom. The Hall–Kier alpha value is -0.120. The molecule has 0 aliphatic carbocycles. The highest BCUT2D eigenvalue weighted by molar-refractivity contribution is 4.72. The van der Waals surface area contributed by atoms with E-state index < -0.39 is 0 Å². The molecule has 1 saturated heterocycles. The molecule has 1 aliphatic rings. The predicted octanol–water partition coefficient (Wildman–Crippen LogP) is 0.953. The number of nitrogens with one attached hydrogen (secondary N) is 1. The highest BCUT2D eigenvalue weighted by Crippen LogP contribution is 2.09. The van der Waals surface area contributed by atoms with Gasteiger partial charge in [-0.3, -0.25) is 0 Å². The number of hydrogen-bond donors (Lipinski definition) is 1. The summed E-state index contributed by atoms with van der Waals surface area (Å²) in [5.41, 5.74) is 0. The predicted molar refractivity (Wildman–Crippen MR) is 57.1 cm³/mol. The summed E-state index contributed by atoms with van der Waals surface area (Å²) in [6.45, 7) is 8.09. The molecule has 0 aromatic carbocycles. The van der Waals surface area contributed by atoms with Gasteiger partial charge in [-0.1, -0.05) is 13.8 Å². The molecule has 3 heteroatoms. The van der Waals surface area contributed by atoms with Crippen LogP contribution in [0.1, 0.15) is 20.3 Å². The molecule has 1 atom stereocenters. The van der Waals surface area contributed by atoms with Gasteiger partial charge in [0.2, 0.25) is 0 Å². The summed E-state index contributed by atoms with van der Waals surface area (Å²) in [5.74, 6) is 0. The number of likely N-dealkylation sites (N-methyl/N-ethyl adjacent to an activating group) is 2. The van der Waals surface area contributed by atoms with Crippen molar-refractivity contribution in [3.63, 3.8) is 0 Å². The maximum Gasteiger partial charge on any atom is 0.0714 e. The van der Waals surface area contributed by atoms with E-state index in [4.69, 9.17) is 4.74 Å². The SMILES string of the molecule is CC.CNCCOC1CCN(C)C1. The van der Waals surface area contributed by atoms with E-state index in [1.54, 1.807) is 0 Å². The maximum atomic E-state index is 5.61. The Labute approximate surface area is 82.4 Å². The van der Waals surface area contributed by atoms with E-state index >= 15 is 0 Å². The molecule has 0 aromatic heterocycles. The van der Waals surface area contributed by atoms with Crippen molar-refractivity contribution in [2.24, 2.45) is 0 Å². The first-order valence-corrected chi connectivity index (χ1v) is 5.27. The average Bonchev–Trinajstić information content (AvgIpc) is 2.56. The number of nitrogens with zero attached hydrogens (tertiary/aromatic N) is 1. The molecule has 1 rings (SSSR count). The lowest BCUT2D eigenvalue weighted by atomic mass is 10.3. The van der Waals surface area contributed by atoms with Gasteiger partial charge < -0.3 is 15.0 Å². The molecule has 1 unspecified atom stereocenters. The lowest BCUT2D eigenvalue weighted by Crippen LogP contribution is -2.23. The first-order valence-electron chi connectivity index (χ1n) is 5.27. The zero-order valence-electron chi connectivity index (χ0n) is 9.47. The van der Waals surface area contributed by atoms with Crippen LogP contribution in [-0.4, -0.2) is 51.3 Å². The molecule has 0 bridgehead atoms. The fourth-order valence-corrected chi connectivity index (χ4v) is 1.36. The summed E-state index contributed by atoms with van der Waals surface area (Å²) >= 11 is 0. The van der Waals surface area contributed by atoms with E-state index in [2.05, 4.69) is 17.3 Å². The van der Waals surface area contributed by atoms with Gasteiger partial charge in [0.05, 0.1) is 12.7 Å². The van der Waals surface area contributed by atoms with Gasteiger partial charge in [0, 0.05) is 19.6 Å². The molecule has 80 valence electrons. The number of likely N-dealkylation sites (tertiary alicyclic amines) is 1. The Bertz CT molecular complexity index is 109. The Kier molecular flexibility index (Phi) is 8.40. The zero-order valence-corrected chi connectivity index (χ0v) is 9.47. The lowest BCUT2D eigenvalue weighted by molar-refractivity contribution is 0.0637. The number of ether oxygens (including phenoxy) is 1. The molecule has 0 saturated carbocycles. The third-order valence-electron chi connectivity index (χ3n) is 2.05. The third-order valence-corrected chi connectivity index (χ3v) is 2.05. The number of rotatable bonds is 4. The molecular weight excluding hydrogens is 164 g/mol. The van der Waals surface area contributed by atoms with Gasteiger partial charge in [0.25, 0.3) is 0 Å². The molecular formula is C10H24N2O. The third kappa shape index (κ3) is 6.02. The van der Waals surface area contributed by atoms with E-state index in [-0.39, 0.29) is 0 Å². The van der Waals surface area contributed by atoms with Crippen molar-refractivity contribution in [2.75, 3.05) is 40.3 Å². The van der Waals surface area contributed by atoms with Crippen molar-refractivity contribution in [1.82, 2.24) is 10.2 Å². The normalized spacial score (nSPS) is 22.6. The minimum absolute atomic E-state index is 0.480. The van der Waals surface area contributed by atoms with Crippen LogP contribution in [-0.2, 0) is 4.74 Å². The molecule has 0 aromatic rings. The van der Waals surface area contributed by atoms with E-state index in [1.165, 1.54) is 13.0 Å². The molecule has 1 aliphatic heterocycles. The van der Waals surface area contributed by atoms with Crippen LogP contribution in [0.3, 0.4) is 0 Å². The lowest BCUT2D eigenvalue weighted by Gasteiger charge is -2.11. The van der Waals surface area contributed by atoms with Gasteiger partial charge in [-0.05, 0) is 20.5 Å². The second kappa shape index (κ2) is 8.48. The van der Waals surface area contributed by atoms with Crippen molar-refractivity contribution in [2.45, 2.75) is 26.4 Å². The van der Waals surface area contributed by atoms with E-state index in [1.807, 2.05) is 20.9 Å². The van der Waals surface area contributed by atoms with Crippen molar-refractivity contribution in [3.8, 4) is 0 Å². The Morgan fingerprint density at radius 2 is 2.15 bits per heavy atom. The molecule has 3 nitrogen and oxygen atoms in total. The standard InChI is InChI=1S/C8H18N2O.C2H6/c1-9-4-6-11-8-3-5-10(2)7-8;1-2/h8-9H,3-7H2,1-2H3;1-2H3. The van der Waals surface area contributed by atoms with E-state index in [0.29, 0.717) is 6.10 Å². The summed E-state index contributed by atoms with van der Waals surface area (Å²) in [5, 5.41) is 3.06. The zero-order chi connectivity index (χ0) is 10.1. The first kappa shape index (κ1) is 12.9. The molecule has 0 spiro atoms. The minimum atomic E-state index is 0.480. The summed E-state index contributed by atoms with van der Waals surface area (Å²) in [7, 11) is 4.09. The van der Waals surface area contributed by atoms with Crippen molar-refractivity contribution in [1.29, 1.82) is 0 Å². The van der Waals surface area contributed by atoms with Crippen LogP contribution < -0.4 is 5.32 Å². The van der Waals surface area contributed by atoms with Crippen molar-refractivity contribution < 1.29 is 4.74 Å². The van der Waals surface area contributed by atoms with Crippen LogP contribution in [0.15, 0.2) is 0 Å². The minimum Gasteiger partial charge on any atom is -0.376 e. The second-order valence-corrected chi connectivity index (χ2v) is 3.15. The summed E-state index contributed by atoms with van der Waals surface area (Å²) in [6, 6.07) is 0. The maximum absolute atomic E-state index is 5.61. The van der Waals surface area contributed by atoms with E-state index in [0.717, 1.165) is 19.7 Å². The molecule has 0 radical (unpaired) electrons. The highest BCUT2D eigenvalue weighted by Gasteiger charge is 2.18. The van der Waals surface area contributed by atoms with Gasteiger partial charge in [0.15, 0.2) is 0 Å². The highest BCUT2D eigenvalue weighted by atomic mass is 16.5. The van der Waals surface area contributed by atoms with Gasteiger partial charge in [-0.15, -0.1) is 0 Å². The van der Waals surface area contributed by atoms with Gasteiger partial charge in [-0.25, -0.2) is 0 Å². The molecule has 1 N–H and O–H groups in total. The first-order chi connectivity index (χ1) is 6.33. The van der Waals surface area contributed by atoms with Gasteiger partial charge in [0.1, 0.15) is 0 Å². The Balaban J connectivity index is 0.000000671. The molecule has 1 fully saturated rings. The van der Waals surface area contributed by atoms with Crippen LogP contribution in [0.2, 0.25) is 0 Å². The number of hydrogen-bond acceptors (Lipinski definition) is 3. The van der Waals surface area contributed by atoms with Gasteiger partial charge >= 0.3 is 0 Å². The van der Waals surface area contributed by atoms with Crippen LogP contribution in [0.4, 0.5) is 0 Å². The second-order valence-electron chi connectivity index (χ2n) is 3.15. The quantitative estimate of drug-likeness (QED) is 0.665. The van der Waals surface area contributed by atoms with Crippen molar-refractivity contribution in [3.05, 3.63) is 0 Å². The molecule has 0 amide bonds. The van der Waals surface area contributed by atoms with Crippen LogP contribution in [0.25, 0.3) is 0 Å². The smallest absolute Gasteiger partial charge is 0.0714 e. The van der Waals surface area contributed by atoms with Crippen LogP contribution in [0.5, 0.6) is 0 Å². The van der Waals surface area contributed by atoms with Gasteiger partial charge in [-0.2, -0.15) is 0 Å². The Morgan fingerprint density at radius 1 is 1.46 bits per heavy atom.